The molecule has 28 heavy (non-hydrogen) atoms. The Bertz CT molecular complexity index is 1380. The molecule has 9 nitrogen and oxygen atoms in total. The first-order chi connectivity index (χ1) is 13.2. The molecule has 0 aliphatic rings. The Labute approximate surface area is 160 Å². The molecule has 4 rings (SSSR count). The van der Waals surface area contributed by atoms with Crippen molar-refractivity contribution in [2.45, 2.75) is 18.4 Å². The molecule has 10 heteroatoms. The van der Waals surface area contributed by atoms with E-state index in [1.807, 2.05) is 20.0 Å². The SMILES string of the molecule is Cc1nn(C)c2ncc(Cn3c(=O)oc4cc(S(=O)(=O)N(C)C)ccc43)cc12. The maximum Gasteiger partial charge on any atom is 0.420 e. The predicted molar refractivity (Wildman–Crippen MR) is 104 cm³/mol. The van der Waals surface area contributed by atoms with Gasteiger partial charge in [-0.15, -0.1) is 0 Å². The molecule has 0 saturated carbocycles. The minimum atomic E-state index is -3.61. The van der Waals surface area contributed by atoms with Crippen LogP contribution < -0.4 is 5.76 Å². The van der Waals surface area contributed by atoms with Gasteiger partial charge in [0.1, 0.15) is 0 Å². The van der Waals surface area contributed by atoms with E-state index in [1.54, 1.807) is 16.9 Å². The Morgan fingerprint density at radius 3 is 2.68 bits per heavy atom. The van der Waals surface area contributed by atoms with Crippen LogP contribution >= 0.6 is 0 Å². The number of aryl methyl sites for hydroxylation is 2. The molecule has 1 aromatic carbocycles. The first kappa shape index (κ1) is 18.4. The number of hydrogen-bond acceptors (Lipinski definition) is 6. The molecule has 3 heterocycles. The van der Waals surface area contributed by atoms with Crippen molar-refractivity contribution in [1.29, 1.82) is 0 Å². The molecule has 0 bridgehead atoms. The third-order valence-electron chi connectivity index (χ3n) is 4.68. The summed E-state index contributed by atoms with van der Waals surface area (Å²) in [6.07, 6.45) is 1.69. The fourth-order valence-electron chi connectivity index (χ4n) is 3.19. The molecule has 0 fully saturated rings. The summed E-state index contributed by atoms with van der Waals surface area (Å²) in [6, 6.07) is 6.36. The van der Waals surface area contributed by atoms with Crippen molar-refractivity contribution in [3.63, 3.8) is 0 Å². The molecule has 3 aromatic heterocycles. The van der Waals surface area contributed by atoms with Crippen molar-refractivity contribution in [1.82, 2.24) is 23.6 Å². The number of benzene rings is 1. The Morgan fingerprint density at radius 1 is 1.21 bits per heavy atom. The van der Waals surface area contributed by atoms with E-state index in [0.29, 0.717) is 5.52 Å². The Kier molecular flexibility index (Phi) is 4.12. The summed E-state index contributed by atoms with van der Waals surface area (Å²) < 4.78 is 34.2. The zero-order valence-corrected chi connectivity index (χ0v) is 16.7. The van der Waals surface area contributed by atoms with Gasteiger partial charge in [0.15, 0.2) is 11.2 Å². The van der Waals surface area contributed by atoms with Crippen molar-refractivity contribution in [2.24, 2.45) is 7.05 Å². The molecular formula is C18H19N5O4S. The molecule has 0 N–H and O–H groups in total. The van der Waals surface area contributed by atoms with Crippen molar-refractivity contribution < 1.29 is 12.8 Å². The lowest BCUT2D eigenvalue weighted by Crippen LogP contribution is -2.22. The van der Waals surface area contributed by atoms with E-state index in [9.17, 15) is 13.2 Å². The van der Waals surface area contributed by atoms with Gasteiger partial charge in [0, 0.05) is 38.8 Å². The topological polar surface area (TPSA) is 103 Å². The predicted octanol–water partition coefficient (Wildman–Crippen LogP) is 1.48. The van der Waals surface area contributed by atoms with Crippen LogP contribution in [-0.4, -0.2) is 46.1 Å². The number of rotatable bonds is 4. The molecular weight excluding hydrogens is 382 g/mol. The zero-order valence-electron chi connectivity index (χ0n) is 15.9. The van der Waals surface area contributed by atoms with Crippen molar-refractivity contribution in [3.05, 3.63) is 52.3 Å². The van der Waals surface area contributed by atoms with Gasteiger partial charge < -0.3 is 4.42 Å². The Balaban J connectivity index is 1.78. The summed E-state index contributed by atoms with van der Waals surface area (Å²) in [5.74, 6) is -0.558. The molecule has 0 aliphatic heterocycles. The average molecular weight is 401 g/mol. The normalized spacial score (nSPS) is 12.5. The van der Waals surface area contributed by atoms with E-state index in [-0.39, 0.29) is 17.0 Å². The maximum atomic E-state index is 12.4. The maximum absolute atomic E-state index is 12.4. The fourth-order valence-corrected chi connectivity index (χ4v) is 4.11. The van der Waals surface area contributed by atoms with Crippen molar-refractivity contribution in [3.8, 4) is 0 Å². The van der Waals surface area contributed by atoms with Crippen LogP contribution in [0.2, 0.25) is 0 Å². The standard InChI is InChI=1S/C18H19N5O4S/c1-11-14-7-12(9-19-17(14)22(4)20-11)10-23-15-6-5-13(28(25,26)21(2)3)8-16(15)27-18(23)24/h5-9H,10H2,1-4H3. The van der Waals surface area contributed by atoms with Gasteiger partial charge in [-0.1, -0.05) is 0 Å². The summed E-state index contributed by atoms with van der Waals surface area (Å²) in [7, 11) is 1.11. The molecule has 0 aliphatic carbocycles. The molecule has 4 aromatic rings. The monoisotopic (exact) mass is 401 g/mol. The highest BCUT2D eigenvalue weighted by Gasteiger charge is 2.20. The summed E-state index contributed by atoms with van der Waals surface area (Å²) >= 11 is 0. The lowest BCUT2D eigenvalue weighted by molar-refractivity contribution is 0.513. The van der Waals surface area contributed by atoms with Gasteiger partial charge in [-0.2, -0.15) is 5.10 Å². The van der Waals surface area contributed by atoms with Gasteiger partial charge >= 0.3 is 5.76 Å². The summed E-state index contributed by atoms with van der Waals surface area (Å²) in [5.41, 5.74) is 3.18. The molecule has 0 spiro atoms. The number of nitrogens with zero attached hydrogens (tertiary/aromatic N) is 5. The molecule has 0 unspecified atom stereocenters. The van der Waals surface area contributed by atoms with Crippen LogP contribution in [0.4, 0.5) is 0 Å². The van der Waals surface area contributed by atoms with Crippen LogP contribution in [0.25, 0.3) is 22.1 Å². The van der Waals surface area contributed by atoms with Gasteiger partial charge in [-0.3, -0.25) is 9.25 Å². The number of hydrogen-bond donors (Lipinski definition) is 0. The van der Waals surface area contributed by atoms with Crippen molar-refractivity contribution in [2.75, 3.05) is 14.1 Å². The molecule has 146 valence electrons. The van der Waals surface area contributed by atoms with Crippen LogP contribution in [0.15, 0.2) is 44.6 Å². The quantitative estimate of drug-likeness (QED) is 0.513. The zero-order chi connectivity index (χ0) is 20.2. The largest absolute Gasteiger partial charge is 0.420 e. The Morgan fingerprint density at radius 2 is 1.96 bits per heavy atom. The highest BCUT2D eigenvalue weighted by Crippen LogP contribution is 2.22. The highest BCUT2D eigenvalue weighted by atomic mass is 32.2. The average Bonchev–Trinajstić information content (AvgIpc) is 3.10. The van der Waals surface area contributed by atoms with Gasteiger partial charge in [-0.25, -0.2) is 22.5 Å². The number of sulfonamides is 1. The Hall–Kier alpha value is -2.98. The minimum absolute atomic E-state index is 0.0694. The van der Waals surface area contributed by atoms with Crippen molar-refractivity contribution >= 4 is 32.2 Å². The van der Waals surface area contributed by atoms with E-state index in [0.717, 1.165) is 26.6 Å². The van der Waals surface area contributed by atoms with E-state index in [1.165, 1.54) is 30.8 Å². The summed E-state index contributed by atoms with van der Waals surface area (Å²) in [5, 5.41) is 5.27. The lowest BCUT2D eigenvalue weighted by atomic mass is 10.2. The molecule has 0 amide bonds. The van der Waals surface area contributed by atoms with E-state index < -0.39 is 15.8 Å². The van der Waals surface area contributed by atoms with E-state index in [2.05, 4.69) is 10.1 Å². The second kappa shape index (κ2) is 6.28. The van der Waals surface area contributed by atoms with Crippen LogP contribution in [0.3, 0.4) is 0 Å². The molecule has 0 atom stereocenters. The van der Waals surface area contributed by atoms with Gasteiger partial charge in [0.2, 0.25) is 10.0 Å². The number of pyridine rings is 1. The highest BCUT2D eigenvalue weighted by molar-refractivity contribution is 7.89. The van der Waals surface area contributed by atoms with Crippen LogP contribution in [0.1, 0.15) is 11.3 Å². The van der Waals surface area contributed by atoms with Gasteiger partial charge in [0.25, 0.3) is 0 Å². The number of oxazole rings is 1. The second-order valence-corrected chi connectivity index (χ2v) is 8.95. The van der Waals surface area contributed by atoms with Crippen LogP contribution in [0.5, 0.6) is 0 Å². The van der Waals surface area contributed by atoms with Crippen LogP contribution in [0, 0.1) is 6.92 Å². The molecule has 0 radical (unpaired) electrons. The first-order valence-corrected chi connectivity index (χ1v) is 9.96. The first-order valence-electron chi connectivity index (χ1n) is 8.52. The van der Waals surface area contributed by atoms with Gasteiger partial charge in [0.05, 0.1) is 22.7 Å². The smallest absolute Gasteiger partial charge is 0.408 e. The lowest BCUT2D eigenvalue weighted by Gasteiger charge is -2.11. The molecule has 0 saturated heterocycles. The van der Waals surface area contributed by atoms with E-state index >= 15 is 0 Å². The third-order valence-corrected chi connectivity index (χ3v) is 6.49. The third kappa shape index (κ3) is 2.81. The fraction of sp³-hybridized carbons (Fsp3) is 0.278. The van der Waals surface area contributed by atoms with E-state index in [4.69, 9.17) is 4.42 Å². The minimum Gasteiger partial charge on any atom is -0.408 e. The number of fused-ring (bicyclic) bond motifs is 2. The second-order valence-electron chi connectivity index (χ2n) is 6.79. The number of aromatic nitrogens is 4. The summed E-state index contributed by atoms with van der Waals surface area (Å²) in [4.78, 5) is 16.9. The van der Waals surface area contributed by atoms with Gasteiger partial charge in [-0.05, 0) is 30.7 Å². The van der Waals surface area contributed by atoms with Crippen LogP contribution in [-0.2, 0) is 23.6 Å². The summed E-state index contributed by atoms with van der Waals surface area (Å²) in [6.45, 7) is 2.16.